The average molecular weight is 496 g/mol. The molecule has 0 radical (unpaired) electrons. The summed E-state index contributed by atoms with van der Waals surface area (Å²) >= 11 is 0. The third kappa shape index (κ3) is 4.56. The van der Waals surface area contributed by atoms with Gasteiger partial charge in [-0.05, 0) is 78.9 Å². The van der Waals surface area contributed by atoms with E-state index in [0.717, 1.165) is 12.1 Å². The summed E-state index contributed by atoms with van der Waals surface area (Å²) in [5.74, 6) is 0. The first-order valence-electron chi connectivity index (χ1n) is 9.24. The molecule has 0 aromatic heterocycles. The van der Waals surface area contributed by atoms with Crippen LogP contribution >= 0.6 is 7.37 Å². The van der Waals surface area contributed by atoms with Crippen molar-refractivity contribution in [3.05, 3.63) is 71.3 Å². The van der Waals surface area contributed by atoms with Crippen molar-refractivity contribution in [2.45, 2.75) is 30.6 Å². The molecule has 3 N–H and O–H groups in total. The molecule has 1 unspecified atom stereocenters. The van der Waals surface area contributed by atoms with Crippen LogP contribution in [-0.2, 0) is 24.8 Å². The summed E-state index contributed by atoms with van der Waals surface area (Å²) in [4.78, 5) is 10.3. The van der Waals surface area contributed by atoms with E-state index in [2.05, 4.69) is 0 Å². The third-order valence-corrected chi connectivity index (χ3v) is 9.21. The standard InChI is InChI=1S/C21H21O8PS2/c1-13-7-9-16(31(24,25)26)11-19(13)18-5-4-6-20(15(18)3)30(22,23)21-12-17(32(27,28)29)10-8-14(21)2/h4-12H,1-3H3,(H,22,23)(H,24,25,26)(H,27,28,29). The Morgan fingerprint density at radius 2 is 1.22 bits per heavy atom. The van der Waals surface area contributed by atoms with E-state index < -0.39 is 32.5 Å². The van der Waals surface area contributed by atoms with E-state index in [1.807, 2.05) is 0 Å². The van der Waals surface area contributed by atoms with E-state index in [9.17, 15) is 35.4 Å². The van der Waals surface area contributed by atoms with Crippen LogP contribution < -0.4 is 10.6 Å². The second-order valence-electron chi connectivity index (χ2n) is 7.40. The fourth-order valence-corrected chi connectivity index (χ4v) is 6.59. The number of rotatable bonds is 5. The highest BCUT2D eigenvalue weighted by Crippen LogP contribution is 2.43. The molecule has 8 nitrogen and oxygen atoms in total. The minimum Gasteiger partial charge on any atom is -0.338 e. The Morgan fingerprint density at radius 1 is 0.688 bits per heavy atom. The molecule has 3 aromatic rings. The molecular weight excluding hydrogens is 475 g/mol. The van der Waals surface area contributed by atoms with E-state index in [0.29, 0.717) is 27.8 Å². The SMILES string of the molecule is Cc1ccc(S(=O)(=O)O)cc1-c1cccc(P(=O)(O)c2cc(S(=O)(=O)O)ccc2C)c1C. The van der Waals surface area contributed by atoms with Crippen LogP contribution in [0, 0.1) is 20.8 Å². The minimum atomic E-state index is -4.58. The Kier molecular flexibility index (Phi) is 6.25. The summed E-state index contributed by atoms with van der Waals surface area (Å²) in [6.45, 7) is 4.87. The molecule has 1 atom stereocenters. The Morgan fingerprint density at radius 3 is 1.78 bits per heavy atom. The van der Waals surface area contributed by atoms with Gasteiger partial charge in [-0.25, -0.2) is 0 Å². The maximum absolute atomic E-state index is 13.6. The van der Waals surface area contributed by atoms with Crippen molar-refractivity contribution in [1.82, 2.24) is 0 Å². The zero-order valence-electron chi connectivity index (χ0n) is 17.3. The quantitative estimate of drug-likeness (QED) is 0.361. The Labute approximate surface area is 186 Å². The van der Waals surface area contributed by atoms with Crippen LogP contribution in [0.3, 0.4) is 0 Å². The molecule has 11 heteroatoms. The largest absolute Gasteiger partial charge is 0.338 e. The van der Waals surface area contributed by atoms with Gasteiger partial charge in [-0.15, -0.1) is 0 Å². The van der Waals surface area contributed by atoms with Gasteiger partial charge in [0.1, 0.15) is 0 Å². The third-order valence-electron chi connectivity index (χ3n) is 5.23. The number of benzene rings is 3. The Hall–Kier alpha value is -2.33. The predicted octanol–water partition coefficient (Wildman–Crippen LogP) is 2.99. The van der Waals surface area contributed by atoms with Crippen LogP contribution in [0.1, 0.15) is 16.7 Å². The first-order chi connectivity index (χ1) is 14.6. The number of aryl methyl sites for hydroxylation is 2. The molecule has 0 saturated heterocycles. The van der Waals surface area contributed by atoms with Gasteiger partial charge in [0, 0.05) is 10.6 Å². The summed E-state index contributed by atoms with van der Waals surface area (Å²) in [5.41, 5.74) is 2.34. The lowest BCUT2D eigenvalue weighted by Crippen LogP contribution is -2.21. The van der Waals surface area contributed by atoms with Crippen molar-refractivity contribution < 1.29 is 35.4 Å². The molecular formula is C21H21O8PS2. The summed E-state index contributed by atoms with van der Waals surface area (Å²) in [6.07, 6.45) is 0. The molecule has 3 rings (SSSR count). The lowest BCUT2D eigenvalue weighted by atomic mass is 9.97. The Balaban J connectivity index is 2.26. The second kappa shape index (κ2) is 8.22. The summed E-state index contributed by atoms with van der Waals surface area (Å²) < 4.78 is 78.5. The predicted molar refractivity (Wildman–Crippen MR) is 121 cm³/mol. The molecule has 0 aliphatic rings. The van der Waals surface area contributed by atoms with E-state index >= 15 is 0 Å². The first kappa shape index (κ1) is 24.3. The first-order valence-corrected chi connectivity index (χ1v) is 13.8. The zero-order chi connectivity index (χ0) is 24.1. The maximum atomic E-state index is 13.6. The van der Waals surface area contributed by atoms with Crippen molar-refractivity contribution >= 4 is 38.2 Å². The van der Waals surface area contributed by atoms with Crippen molar-refractivity contribution in [3.63, 3.8) is 0 Å². The lowest BCUT2D eigenvalue weighted by Gasteiger charge is -2.20. The molecule has 0 saturated carbocycles. The van der Waals surface area contributed by atoms with Gasteiger partial charge in [0.15, 0.2) is 0 Å². The highest BCUT2D eigenvalue weighted by atomic mass is 32.2. The maximum Gasteiger partial charge on any atom is 0.294 e. The van der Waals surface area contributed by atoms with Crippen LogP contribution in [0.2, 0.25) is 0 Å². The summed E-state index contributed by atoms with van der Waals surface area (Å²) in [5, 5.41) is -0.112. The molecule has 0 fully saturated rings. The van der Waals surface area contributed by atoms with Crippen LogP contribution in [-0.4, -0.2) is 30.8 Å². The van der Waals surface area contributed by atoms with Crippen molar-refractivity contribution in [2.24, 2.45) is 0 Å². The molecule has 0 aliphatic carbocycles. The molecule has 3 aromatic carbocycles. The van der Waals surface area contributed by atoms with Gasteiger partial charge >= 0.3 is 0 Å². The normalized spacial score (nSPS) is 14.2. The van der Waals surface area contributed by atoms with Gasteiger partial charge in [0.2, 0.25) is 0 Å². The summed E-state index contributed by atoms with van der Waals surface area (Å²) in [7, 11) is -13.4. The van der Waals surface area contributed by atoms with E-state index in [1.165, 1.54) is 36.4 Å². The molecule has 0 amide bonds. The molecule has 0 heterocycles. The van der Waals surface area contributed by atoms with E-state index in [4.69, 9.17) is 0 Å². The van der Waals surface area contributed by atoms with Crippen molar-refractivity contribution in [1.29, 1.82) is 0 Å². The number of hydrogen-bond acceptors (Lipinski definition) is 5. The topological polar surface area (TPSA) is 146 Å². The van der Waals surface area contributed by atoms with E-state index in [1.54, 1.807) is 26.8 Å². The van der Waals surface area contributed by atoms with E-state index in [-0.39, 0.29) is 15.5 Å². The van der Waals surface area contributed by atoms with Gasteiger partial charge in [0.25, 0.3) is 27.6 Å². The highest BCUT2D eigenvalue weighted by molar-refractivity contribution is 7.86. The Bertz CT molecular complexity index is 1490. The fraction of sp³-hybridized carbons (Fsp3) is 0.143. The van der Waals surface area contributed by atoms with Crippen LogP contribution in [0.25, 0.3) is 11.1 Å². The molecule has 170 valence electrons. The summed E-state index contributed by atoms with van der Waals surface area (Å²) in [6, 6.07) is 12.1. The minimum absolute atomic E-state index is 0.0299. The highest BCUT2D eigenvalue weighted by Gasteiger charge is 2.30. The lowest BCUT2D eigenvalue weighted by molar-refractivity contribution is 0.481. The van der Waals surface area contributed by atoms with Gasteiger partial charge in [-0.3, -0.25) is 13.7 Å². The monoisotopic (exact) mass is 496 g/mol. The average Bonchev–Trinajstić information content (AvgIpc) is 2.67. The van der Waals surface area contributed by atoms with Crippen LogP contribution in [0.5, 0.6) is 0 Å². The van der Waals surface area contributed by atoms with Crippen LogP contribution in [0.4, 0.5) is 0 Å². The molecule has 0 bridgehead atoms. The van der Waals surface area contributed by atoms with Crippen molar-refractivity contribution in [3.8, 4) is 11.1 Å². The smallest absolute Gasteiger partial charge is 0.294 e. The second-order valence-corrected chi connectivity index (χ2v) is 12.4. The van der Waals surface area contributed by atoms with Crippen LogP contribution in [0.15, 0.2) is 64.4 Å². The number of hydrogen-bond donors (Lipinski definition) is 3. The van der Waals surface area contributed by atoms with Crippen molar-refractivity contribution in [2.75, 3.05) is 0 Å². The van der Waals surface area contributed by atoms with Gasteiger partial charge in [-0.2, -0.15) is 16.8 Å². The van der Waals surface area contributed by atoms with Gasteiger partial charge < -0.3 is 4.89 Å². The molecule has 0 aliphatic heterocycles. The van der Waals surface area contributed by atoms with Gasteiger partial charge in [-0.1, -0.05) is 24.3 Å². The zero-order valence-corrected chi connectivity index (χ0v) is 19.9. The molecule has 0 spiro atoms. The van der Waals surface area contributed by atoms with Gasteiger partial charge in [0.05, 0.1) is 9.79 Å². The molecule has 32 heavy (non-hydrogen) atoms. The fourth-order valence-electron chi connectivity index (χ4n) is 3.50.